The van der Waals surface area contributed by atoms with E-state index in [-0.39, 0.29) is 66.9 Å². The minimum Gasteiger partial charge on any atom is -0.452 e. The Morgan fingerprint density at radius 1 is 0.900 bits per heavy atom. The van der Waals surface area contributed by atoms with Crippen LogP contribution in [0.5, 0.6) is 0 Å². The number of benzene rings is 2. The molecule has 5 amide bonds. The number of anilines is 3. The molecule has 0 spiro atoms. The van der Waals surface area contributed by atoms with E-state index in [0.29, 0.717) is 51.4 Å². The molecule has 60 heavy (non-hydrogen) atoms. The number of likely N-dealkylation sites (tertiary alicyclic amines) is 2. The van der Waals surface area contributed by atoms with Crippen molar-refractivity contribution in [2.24, 2.45) is 0 Å². The zero-order valence-corrected chi connectivity index (χ0v) is 33.6. The van der Waals surface area contributed by atoms with E-state index in [4.69, 9.17) is 26.8 Å². The molecule has 2 aromatic carbocycles. The van der Waals surface area contributed by atoms with Crippen molar-refractivity contribution in [1.82, 2.24) is 24.6 Å². The van der Waals surface area contributed by atoms with E-state index in [0.717, 1.165) is 36.6 Å². The molecule has 19 heteroatoms. The van der Waals surface area contributed by atoms with Crippen LogP contribution in [0.1, 0.15) is 59.2 Å². The van der Waals surface area contributed by atoms with E-state index in [2.05, 4.69) is 10.3 Å². The number of halogens is 4. The summed E-state index contributed by atoms with van der Waals surface area (Å²) in [5, 5.41) is 2.56. The molecule has 3 fully saturated rings. The minimum absolute atomic E-state index is 0.0000824. The molecule has 4 aliphatic heterocycles. The lowest BCUT2D eigenvalue weighted by Crippen LogP contribution is -2.54. The second-order valence-corrected chi connectivity index (χ2v) is 15.7. The van der Waals surface area contributed by atoms with Crippen molar-refractivity contribution in [1.29, 1.82) is 0 Å². The number of nitrogens with two attached hydrogens (primary N) is 1. The molecule has 0 radical (unpaired) electrons. The Kier molecular flexibility index (Phi) is 12.9. The van der Waals surface area contributed by atoms with E-state index in [1.54, 1.807) is 21.9 Å². The zero-order valence-electron chi connectivity index (χ0n) is 32.8. The SMILES string of the molecule is Nc1c(Cl)cc(C[C@@H](OC(=O)N2CCC(N3Cc4ccccc4NC3=O)CC2)C(=O)N2CCN(c3ccc(C(=O)OCC(=O)N4CCCCC4)cn3)CC2)cc1C(F)(F)F. The molecule has 320 valence electrons. The molecule has 0 bridgehead atoms. The number of hydrogen-bond acceptors (Lipinski definition) is 10. The number of carbonyl (C=O) groups excluding carboxylic acids is 5. The number of piperazine rings is 1. The number of urea groups is 1. The first-order chi connectivity index (χ1) is 28.7. The zero-order chi connectivity index (χ0) is 42.6. The van der Waals surface area contributed by atoms with Crippen molar-refractivity contribution in [3.05, 3.63) is 82.0 Å². The maximum Gasteiger partial charge on any atom is 0.418 e. The highest BCUT2D eigenvalue weighted by Gasteiger charge is 2.38. The fourth-order valence-corrected chi connectivity index (χ4v) is 8.23. The third kappa shape index (κ3) is 9.80. The number of amides is 5. The first-order valence-electron chi connectivity index (χ1n) is 20.0. The number of carbonyl (C=O) groups is 5. The van der Waals surface area contributed by atoms with Crippen LogP contribution < -0.4 is 16.0 Å². The fourth-order valence-electron chi connectivity index (χ4n) is 7.99. The smallest absolute Gasteiger partial charge is 0.418 e. The van der Waals surface area contributed by atoms with E-state index < -0.39 is 47.9 Å². The van der Waals surface area contributed by atoms with Gasteiger partial charge in [0, 0.05) is 83.2 Å². The number of para-hydroxylation sites is 1. The van der Waals surface area contributed by atoms with Crippen molar-refractivity contribution in [2.45, 2.75) is 63.4 Å². The lowest BCUT2D eigenvalue weighted by molar-refractivity contribution is -0.141. The van der Waals surface area contributed by atoms with Crippen molar-refractivity contribution in [2.75, 3.05) is 74.9 Å². The number of piperidine rings is 2. The summed E-state index contributed by atoms with van der Waals surface area (Å²) >= 11 is 6.12. The predicted octanol–water partition coefficient (Wildman–Crippen LogP) is 5.41. The molecule has 0 aliphatic carbocycles. The minimum atomic E-state index is -4.83. The number of nitrogens with zero attached hydrogens (tertiary/aromatic N) is 6. The van der Waals surface area contributed by atoms with Crippen LogP contribution in [-0.4, -0.2) is 126 Å². The number of esters is 1. The molecule has 3 aromatic rings. The number of aromatic nitrogens is 1. The molecule has 7 rings (SSSR count). The fraction of sp³-hybridized carbons (Fsp3) is 0.463. The highest BCUT2D eigenvalue weighted by atomic mass is 35.5. The standard InChI is InChI=1S/C41H46ClF3N8O7/c42-31-21-26(20-30(36(31)46)41(43,44)45)22-33(60-40(58)52-14-10-29(11-15-52)53-24-28-6-2-3-7-32(28)48-39(53)57)37(55)51-18-16-49(17-19-51)34-9-8-27(23-47-34)38(56)59-25-35(54)50-12-4-1-5-13-50/h2-3,6-9,20-21,23,29,33H,1,4-5,10-19,22,24-25,46H2,(H,48,57)/t33-/m1/s1. The maximum absolute atomic E-state index is 14.1. The van der Waals surface area contributed by atoms with Gasteiger partial charge in [0.25, 0.3) is 11.8 Å². The van der Waals surface area contributed by atoms with Gasteiger partial charge in [0.1, 0.15) is 5.82 Å². The van der Waals surface area contributed by atoms with Crippen molar-refractivity contribution in [3.63, 3.8) is 0 Å². The Labute approximate surface area is 349 Å². The summed E-state index contributed by atoms with van der Waals surface area (Å²) in [6, 6.07) is 12.3. The molecular weight excluding hydrogens is 809 g/mol. The van der Waals surface area contributed by atoms with Gasteiger partial charge in [-0.05, 0) is 73.6 Å². The van der Waals surface area contributed by atoms with Crippen LogP contribution in [0.2, 0.25) is 5.02 Å². The molecule has 15 nitrogen and oxygen atoms in total. The van der Waals surface area contributed by atoms with Crippen LogP contribution in [-0.2, 0) is 38.2 Å². The molecule has 3 saturated heterocycles. The van der Waals surface area contributed by atoms with Gasteiger partial charge in [0.2, 0.25) is 0 Å². The Morgan fingerprint density at radius 3 is 2.30 bits per heavy atom. The highest BCUT2D eigenvalue weighted by molar-refractivity contribution is 6.33. The average Bonchev–Trinajstić information content (AvgIpc) is 3.26. The third-order valence-corrected chi connectivity index (χ3v) is 11.7. The number of ether oxygens (including phenoxy) is 2. The lowest BCUT2D eigenvalue weighted by Gasteiger charge is -2.40. The first kappa shape index (κ1) is 42.3. The number of fused-ring (bicyclic) bond motifs is 1. The Bertz CT molecular complexity index is 2090. The highest BCUT2D eigenvalue weighted by Crippen LogP contribution is 2.38. The third-order valence-electron chi connectivity index (χ3n) is 11.4. The first-order valence-corrected chi connectivity index (χ1v) is 20.3. The maximum atomic E-state index is 14.1. The van der Waals surface area contributed by atoms with Crippen LogP contribution in [0.4, 0.5) is 40.0 Å². The van der Waals surface area contributed by atoms with E-state index in [1.165, 1.54) is 22.1 Å². The number of nitrogen functional groups attached to an aromatic ring is 1. The van der Waals surface area contributed by atoms with Gasteiger partial charge in [-0.25, -0.2) is 19.4 Å². The van der Waals surface area contributed by atoms with Crippen molar-refractivity contribution < 1.29 is 46.6 Å². The Hall–Kier alpha value is -5.78. The number of hydrogen-bond donors (Lipinski definition) is 2. The number of rotatable bonds is 9. The molecule has 3 N–H and O–H groups in total. The number of alkyl halides is 3. The summed E-state index contributed by atoms with van der Waals surface area (Å²) < 4.78 is 52.7. The van der Waals surface area contributed by atoms with Crippen LogP contribution in [0.3, 0.4) is 0 Å². The van der Waals surface area contributed by atoms with Crippen LogP contribution in [0, 0.1) is 0 Å². The van der Waals surface area contributed by atoms with Gasteiger partial charge in [-0.2, -0.15) is 13.2 Å². The van der Waals surface area contributed by atoms with Gasteiger partial charge in [-0.15, -0.1) is 0 Å². The van der Waals surface area contributed by atoms with Crippen LogP contribution in [0.25, 0.3) is 0 Å². The molecule has 4 aliphatic rings. The number of nitrogens with one attached hydrogen (secondary N) is 1. The summed E-state index contributed by atoms with van der Waals surface area (Å²) in [5.74, 6) is -0.993. The van der Waals surface area contributed by atoms with E-state index in [1.807, 2.05) is 29.2 Å². The van der Waals surface area contributed by atoms with Gasteiger partial charge in [0.05, 0.1) is 21.8 Å². The second kappa shape index (κ2) is 18.2. The van der Waals surface area contributed by atoms with Crippen molar-refractivity contribution in [3.8, 4) is 0 Å². The summed E-state index contributed by atoms with van der Waals surface area (Å²) in [7, 11) is 0. The summed E-state index contributed by atoms with van der Waals surface area (Å²) in [6.07, 6.45) is -2.38. The Balaban J connectivity index is 0.978. The molecule has 0 saturated carbocycles. The topological polar surface area (TPSA) is 171 Å². The molecule has 1 atom stereocenters. The quantitative estimate of drug-likeness (QED) is 0.210. The molecule has 1 aromatic heterocycles. The molecular formula is C41H46ClF3N8O7. The lowest BCUT2D eigenvalue weighted by atomic mass is 10.0. The van der Waals surface area contributed by atoms with Crippen LogP contribution >= 0.6 is 11.6 Å². The van der Waals surface area contributed by atoms with E-state index in [9.17, 15) is 37.1 Å². The monoisotopic (exact) mass is 854 g/mol. The molecule has 5 heterocycles. The second-order valence-electron chi connectivity index (χ2n) is 15.3. The number of pyridine rings is 1. The predicted molar refractivity (Wildman–Crippen MR) is 214 cm³/mol. The van der Waals surface area contributed by atoms with Gasteiger partial charge < -0.3 is 45.0 Å². The van der Waals surface area contributed by atoms with Gasteiger partial charge in [-0.3, -0.25) is 9.59 Å². The summed E-state index contributed by atoms with van der Waals surface area (Å²) in [4.78, 5) is 78.3. The normalized spacial score (nSPS) is 18.1. The molecule has 0 unspecified atom stereocenters. The van der Waals surface area contributed by atoms with Crippen molar-refractivity contribution >= 4 is 58.7 Å². The van der Waals surface area contributed by atoms with Crippen LogP contribution in [0.15, 0.2) is 54.7 Å². The average molecular weight is 855 g/mol. The Morgan fingerprint density at radius 2 is 1.62 bits per heavy atom. The van der Waals surface area contributed by atoms with Gasteiger partial charge in [0.15, 0.2) is 12.7 Å². The summed E-state index contributed by atoms with van der Waals surface area (Å²) in [6.45, 7) is 2.76. The largest absolute Gasteiger partial charge is 0.452 e. The van der Waals surface area contributed by atoms with E-state index >= 15 is 0 Å². The summed E-state index contributed by atoms with van der Waals surface area (Å²) in [5.41, 5.74) is 5.74. The van der Waals surface area contributed by atoms with Gasteiger partial charge in [-0.1, -0.05) is 29.8 Å². The van der Waals surface area contributed by atoms with Gasteiger partial charge >= 0.3 is 24.3 Å².